The Morgan fingerprint density at radius 3 is 2.13 bits per heavy atom. The van der Waals surface area contributed by atoms with E-state index in [4.69, 9.17) is 9.90 Å². The first-order valence-electron chi connectivity index (χ1n) is 14.7. The van der Waals surface area contributed by atoms with Crippen LogP contribution in [0.2, 0.25) is 0 Å². The summed E-state index contributed by atoms with van der Waals surface area (Å²) in [7, 11) is 0. The smallest absolute Gasteiger partial charge is 0.481 e. The summed E-state index contributed by atoms with van der Waals surface area (Å²) in [6.45, 7) is 9.36. The van der Waals surface area contributed by atoms with Crippen molar-refractivity contribution >= 4 is 41.0 Å². The molecule has 1 aromatic carbocycles. The first kappa shape index (κ1) is 37.4. The van der Waals surface area contributed by atoms with Crippen LogP contribution in [0.15, 0.2) is 29.8 Å². The highest BCUT2D eigenvalue weighted by molar-refractivity contribution is 7.13. The summed E-state index contributed by atoms with van der Waals surface area (Å²) in [5.74, 6) is -5.46. The average molecular weight is 685 g/mol. The summed E-state index contributed by atoms with van der Waals surface area (Å²) in [5.41, 5.74) is 3.15. The first-order chi connectivity index (χ1) is 21.6. The van der Waals surface area contributed by atoms with E-state index in [1.54, 1.807) is 23.8 Å². The largest absolute Gasteiger partial charge is 0.490 e. The van der Waals surface area contributed by atoms with Crippen molar-refractivity contribution in [2.24, 2.45) is 16.7 Å². The number of thiazole rings is 1. The van der Waals surface area contributed by atoms with Gasteiger partial charge in [-0.3, -0.25) is 19.2 Å². The molecule has 0 radical (unpaired) electrons. The van der Waals surface area contributed by atoms with E-state index in [-0.39, 0.29) is 44.2 Å². The van der Waals surface area contributed by atoms with Crippen LogP contribution in [0.4, 0.5) is 13.2 Å². The third-order valence-electron chi connectivity index (χ3n) is 8.22. The lowest BCUT2D eigenvalue weighted by Crippen LogP contribution is -2.61. The highest BCUT2D eigenvalue weighted by Gasteiger charge is 2.51. The molecule has 4 rings (SSSR count). The standard InChI is InChI=1S/C29H38N4O6S.C2HF3O2/c1-16-22(40-15-31-16)18-8-6-17(7-9-18)13-30-24(35)21-10-20(34)14-33(21)25(36)23(28(2,3)4)32-27(39)29(5)11-19(12-29)26(37)38;3-2(4,5)1(6)7/h6-9,15,19-21,23,34H,10-14H2,1-5H3,(H,30,35)(H,32,39)(H,37,38);(H,6,7)/t19?,20-,21+,23+,29?;/m1./s1. The molecule has 2 heterocycles. The summed E-state index contributed by atoms with van der Waals surface area (Å²) in [4.78, 5) is 67.0. The van der Waals surface area contributed by atoms with Gasteiger partial charge in [-0.1, -0.05) is 52.0 Å². The summed E-state index contributed by atoms with van der Waals surface area (Å²) in [6, 6.07) is 6.00. The minimum absolute atomic E-state index is 0.0133. The maximum Gasteiger partial charge on any atom is 0.490 e. The van der Waals surface area contributed by atoms with Gasteiger partial charge in [-0.05, 0) is 36.3 Å². The normalized spacial score (nSPS) is 23.1. The van der Waals surface area contributed by atoms with Gasteiger partial charge in [-0.25, -0.2) is 9.78 Å². The van der Waals surface area contributed by atoms with E-state index in [9.17, 15) is 42.6 Å². The number of benzene rings is 1. The molecule has 1 saturated carbocycles. The second-order valence-electron chi connectivity index (χ2n) is 13.2. The van der Waals surface area contributed by atoms with Gasteiger partial charge in [0.15, 0.2) is 0 Å². The van der Waals surface area contributed by atoms with E-state index in [0.717, 1.165) is 21.7 Å². The molecule has 2 fully saturated rings. The fourth-order valence-electron chi connectivity index (χ4n) is 5.47. The molecule has 0 spiro atoms. The molecule has 2 aromatic rings. The van der Waals surface area contributed by atoms with Crippen LogP contribution in [0.1, 0.15) is 58.2 Å². The van der Waals surface area contributed by atoms with Gasteiger partial charge in [0.1, 0.15) is 12.1 Å². The fourth-order valence-corrected chi connectivity index (χ4v) is 6.29. The number of hydrogen-bond donors (Lipinski definition) is 5. The van der Waals surface area contributed by atoms with Crippen LogP contribution in [0.5, 0.6) is 0 Å². The van der Waals surface area contributed by atoms with E-state index in [1.807, 2.05) is 52.0 Å². The zero-order chi connectivity index (χ0) is 35.5. The maximum absolute atomic E-state index is 13.8. The van der Waals surface area contributed by atoms with Crippen LogP contribution in [-0.2, 0) is 30.5 Å². The number of nitrogens with one attached hydrogen (secondary N) is 2. The topological polar surface area (TPSA) is 186 Å². The lowest BCUT2D eigenvalue weighted by atomic mass is 9.62. The van der Waals surface area contributed by atoms with Crippen LogP contribution in [-0.4, -0.2) is 85.8 Å². The Balaban J connectivity index is 0.000000771. The number of carbonyl (C=O) groups excluding carboxylic acids is 3. The van der Waals surface area contributed by atoms with E-state index >= 15 is 0 Å². The second kappa shape index (κ2) is 14.4. The molecule has 47 heavy (non-hydrogen) atoms. The molecule has 2 aliphatic rings. The molecular weight excluding hydrogens is 645 g/mol. The lowest BCUT2D eigenvalue weighted by Gasteiger charge is -2.44. The monoisotopic (exact) mass is 684 g/mol. The SMILES string of the molecule is Cc1ncsc1-c1ccc(CNC(=O)[C@@H]2C[C@@H](O)CN2C(=O)[C@H](NC(=O)C2(C)CC(C(=O)O)C2)C(C)(C)C)cc1.O=C(O)C(F)(F)F. The van der Waals surface area contributed by atoms with E-state index in [0.29, 0.717) is 0 Å². The Morgan fingerprint density at radius 2 is 1.66 bits per heavy atom. The third-order valence-corrected chi connectivity index (χ3v) is 9.19. The number of aromatic nitrogens is 1. The van der Waals surface area contributed by atoms with Gasteiger partial charge < -0.3 is 30.9 Å². The van der Waals surface area contributed by atoms with E-state index < -0.39 is 59.0 Å². The molecule has 1 aliphatic heterocycles. The zero-order valence-electron chi connectivity index (χ0n) is 26.6. The fraction of sp³-hybridized carbons (Fsp3) is 0.548. The molecule has 16 heteroatoms. The highest BCUT2D eigenvalue weighted by atomic mass is 32.1. The quantitative estimate of drug-likeness (QED) is 0.278. The van der Waals surface area contributed by atoms with Crippen molar-refractivity contribution in [3.63, 3.8) is 0 Å². The number of rotatable bonds is 8. The van der Waals surface area contributed by atoms with Crippen LogP contribution < -0.4 is 10.6 Å². The van der Waals surface area contributed by atoms with E-state index in [1.165, 1.54) is 4.90 Å². The predicted octanol–water partition coefficient (Wildman–Crippen LogP) is 3.36. The number of β-amino-alcohol motifs (C(OH)–C–C–N with tert-alkyl or cyclic N) is 1. The molecule has 0 unspecified atom stereocenters. The van der Waals surface area contributed by atoms with Crippen LogP contribution >= 0.6 is 11.3 Å². The average Bonchev–Trinajstić information content (AvgIpc) is 3.57. The summed E-state index contributed by atoms with van der Waals surface area (Å²) >= 11 is 1.57. The molecular formula is C31H39F3N4O8S. The van der Waals surface area contributed by atoms with Gasteiger partial charge >= 0.3 is 18.1 Å². The maximum atomic E-state index is 13.8. The van der Waals surface area contributed by atoms with Crippen molar-refractivity contribution in [1.29, 1.82) is 0 Å². The van der Waals surface area contributed by atoms with Crippen molar-refractivity contribution in [1.82, 2.24) is 20.5 Å². The second-order valence-corrected chi connectivity index (χ2v) is 14.0. The predicted molar refractivity (Wildman–Crippen MR) is 164 cm³/mol. The number of halogens is 3. The summed E-state index contributed by atoms with van der Waals surface area (Å²) in [5, 5.41) is 32.5. The number of carboxylic acids is 2. The van der Waals surface area contributed by atoms with Gasteiger partial charge in [0.05, 0.1) is 28.1 Å². The Hall–Kier alpha value is -4.05. The molecule has 0 bridgehead atoms. The number of aryl methyl sites for hydroxylation is 1. The minimum Gasteiger partial charge on any atom is -0.481 e. The zero-order valence-corrected chi connectivity index (χ0v) is 27.4. The molecule has 258 valence electrons. The molecule has 1 saturated heterocycles. The van der Waals surface area contributed by atoms with Crippen molar-refractivity contribution in [2.45, 2.75) is 84.8 Å². The number of aliphatic hydroxyl groups is 1. The van der Waals surface area contributed by atoms with Crippen LogP contribution in [0, 0.1) is 23.7 Å². The van der Waals surface area contributed by atoms with Gasteiger partial charge in [-0.2, -0.15) is 13.2 Å². The van der Waals surface area contributed by atoms with Crippen molar-refractivity contribution in [2.75, 3.05) is 6.54 Å². The molecule has 12 nitrogen and oxygen atoms in total. The number of carbonyl (C=O) groups is 5. The molecule has 3 amide bonds. The van der Waals surface area contributed by atoms with Gasteiger partial charge in [0, 0.05) is 24.9 Å². The van der Waals surface area contributed by atoms with Crippen molar-refractivity contribution in [3.05, 3.63) is 41.0 Å². The third kappa shape index (κ3) is 9.28. The molecule has 3 atom stereocenters. The number of hydrogen-bond acceptors (Lipinski definition) is 8. The molecule has 1 aromatic heterocycles. The first-order valence-corrected chi connectivity index (χ1v) is 15.6. The van der Waals surface area contributed by atoms with Gasteiger partial charge in [0.25, 0.3) is 0 Å². The van der Waals surface area contributed by atoms with Gasteiger partial charge in [-0.15, -0.1) is 11.3 Å². The van der Waals surface area contributed by atoms with Crippen LogP contribution in [0.3, 0.4) is 0 Å². The van der Waals surface area contributed by atoms with Crippen molar-refractivity contribution in [3.8, 4) is 10.4 Å². The Kier molecular flexibility index (Phi) is 11.4. The minimum atomic E-state index is -5.08. The Morgan fingerprint density at radius 1 is 1.09 bits per heavy atom. The highest BCUT2D eigenvalue weighted by Crippen LogP contribution is 2.46. The number of amides is 3. The number of aliphatic carboxylic acids is 2. The summed E-state index contributed by atoms with van der Waals surface area (Å²) < 4.78 is 31.7. The number of likely N-dealkylation sites (tertiary alicyclic amines) is 1. The summed E-state index contributed by atoms with van der Waals surface area (Å²) in [6.07, 6.45) is -5.43. The number of carboxylic acid groups (broad SMARTS) is 2. The van der Waals surface area contributed by atoms with Crippen molar-refractivity contribution < 1.29 is 52.5 Å². The van der Waals surface area contributed by atoms with Gasteiger partial charge in [0.2, 0.25) is 17.7 Å². The molecule has 5 N–H and O–H groups in total. The number of aliphatic hydroxyl groups excluding tert-OH is 1. The Bertz CT molecular complexity index is 1480. The molecule has 1 aliphatic carbocycles. The van der Waals surface area contributed by atoms with Crippen LogP contribution in [0.25, 0.3) is 10.4 Å². The number of nitrogens with zero attached hydrogens (tertiary/aromatic N) is 2. The number of alkyl halides is 3. The Labute approximate surface area is 273 Å². The van der Waals surface area contributed by atoms with E-state index in [2.05, 4.69) is 15.6 Å². The lowest BCUT2D eigenvalue weighted by molar-refractivity contribution is -0.192.